The minimum atomic E-state index is -0.637. The molecule has 0 fully saturated rings. The monoisotopic (exact) mass is 353 g/mol. The fourth-order valence-corrected chi connectivity index (χ4v) is 2.28. The van der Waals surface area contributed by atoms with Crippen molar-refractivity contribution in [1.29, 1.82) is 0 Å². The predicted octanol–water partition coefficient (Wildman–Crippen LogP) is 2.51. The van der Waals surface area contributed by atoms with Gasteiger partial charge in [-0.15, -0.1) is 0 Å². The average Bonchev–Trinajstić information content (AvgIpc) is 2.99. The van der Waals surface area contributed by atoms with Crippen molar-refractivity contribution >= 4 is 40.1 Å². The average molecular weight is 353 g/mol. The van der Waals surface area contributed by atoms with E-state index in [0.717, 1.165) is 6.20 Å². The van der Waals surface area contributed by atoms with E-state index in [0.29, 0.717) is 28.3 Å². The summed E-state index contributed by atoms with van der Waals surface area (Å²) in [5, 5.41) is 5.70. The normalized spacial score (nSPS) is 10.8. The fraction of sp³-hybridized carbons (Fsp3) is 0. The minimum Gasteiger partial charge on any atom is -0.408 e. The van der Waals surface area contributed by atoms with Crippen LogP contribution in [0.15, 0.2) is 51.9 Å². The number of nitrogens with one attached hydrogen (secondary N) is 3. The first kappa shape index (κ1) is 15.6. The van der Waals surface area contributed by atoms with E-state index in [9.17, 15) is 9.18 Å². The molecule has 10 heteroatoms. The lowest BCUT2D eigenvalue weighted by molar-refractivity contribution is 0.555. The Kier molecular flexibility index (Phi) is 3.69. The number of nitrogens with two attached hydrogens (primary N) is 1. The van der Waals surface area contributed by atoms with Crippen molar-refractivity contribution in [2.75, 3.05) is 16.4 Å². The number of pyridine rings is 1. The van der Waals surface area contributed by atoms with Crippen molar-refractivity contribution in [3.05, 3.63) is 59.1 Å². The number of hydrogen-bond donors (Lipinski definition) is 4. The number of nitrogens with zero attached hydrogens (tertiary/aromatic N) is 3. The Morgan fingerprint density at radius 3 is 2.81 bits per heavy atom. The van der Waals surface area contributed by atoms with Crippen molar-refractivity contribution in [2.24, 2.45) is 0 Å². The van der Waals surface area contributed by atoms with Crippen LogP contribution >= 0.6 is 0 Å². The summed E-state index contributed by atoms with van der Waals surface area (Å²) < 4.78 is 19.0. The lowest BCUT2D eigenvalue weighted by Crippen LogP contribution is -2.04. The molecule has 0 amide bonds. The highest BCUT2D eigenvalue weighted by atomic mass is 19.1. The topological polar surface area (TPSA) is 135 Å². The summed E-state index contributed by atoms with van der Waals surface area (Å²) in [6.07, 6.45) is 2.51. The van der Waals surface area contributed by atoms with Crippen LogP contribution in [0.4, 0.5) is 33.3 Å². The van der Waals surface area contributed by atoms with Gasteiger partial charge in [0.15, 0.2) is 17.2 Å². The van der Waals surface area contributed by atoms with Crippen LogP contribution in [0.25, 0.3) is 11.1 Å². The molecule has 0 aliphatic carbocycles. The van der Waals surface area contributed by atoms with Gasteiger partial charge in [0, 0.05) is 5.69 Å². The number of H-pyrrole nitrogens is 1. The van der Waals surface area contributed by atoms with Gasteiger partial charge >= 0.3 is 5.76 Å². The Morgan fingerprint density at radius 2 is 2.00 bits per heavy atom. The van der Waals surface area contributed by atoms with Crippen molar-refractivity contribution in [3.8, 4) is 0 Å². The summed E-state index contributed by atoms with van der Waals surface area (Å²) in [5.74, 6) is -0.615. The van der Waals surface area contributed by atoms with Gasteiger partial charge in [-0.05, 0) is 30.3 Å². The number of nitrogen functional groups attached to an aromatic ring is 1. The summed E-state index contributed by atoms with van der Waals surface area (Å²) in [6, 6.07) is 8.15. The van der Waals surface area contributed by atoms with E-state index < -0.39 is 11.6 Å². The van der Waals surface area contributed by atoms with Gasteiger partial charge in [-0.25, -0.2) is 19.2 Å². The first-order valence-corrected chi connectivity index (χ1v) is 7.48. The Labute approximate surface area is 145 Å². The van der Waals surface area contributed by atoms with E-state index in [1.54, 1.807) is 30.3 Å². The summed E-state index contributed by atoms with van der Waals surface area (Å²) in [6.45, 7) is 0. The molecule has 3 aromatic heterocycles. The molecule has 4 aromatic rings. The van der Waals surface area contributed by atoms with E-state index in [-0.39, 0.29) is 11.8 Å². The maximum Gasteiger partial charge on any atom is 0.417 e. The zero-order valence-electron chi connectivity index (χ0n) is 13.2. The zero-order chi connectivity index (χ0) is 18.1. The largest absolute Gasteiger partial charge is 0.417 e. The van der Waals surface area contributed by atoms with E-state index in [1.165, 1.54) is 6.20 Å². The molecule has 0 aliphatic rings. The second-order valence-corrected chi connectivity index (χ2v) is 5.34. The second kappa shape index (κ2) is 6.16. The number of anilines is 5. The molecule has 1 aromatic carbocycles. The maximum absolute atomic E-state index is 14.0. The first-order valence-electron chi connectivity index (χ1n) is 7.48. The molecule has 9 nitrogen and oxygen atoms in total. The van der Waals surface area contributed by atoms with Crippen LogP contribution in [0.5, 0.6) is 0 Å². The number of fused-ring (bicyclic) bond motifs is 1. The van der Waals surface area contributed by atoms with Crippen molar-refractivity contribution in [1.82, 2.24) is 19.9 Å². The number of benzene rings is 1. The molecule has 4 rings (SSSR count). The smallest absolute Gasteiger partial charge is 0.408 e. The van der Waals surface area contributed by atoms with Gasteiger partial charge in [0.2, 0.25) is 5.95 Å². The third-order valence-corrected chi connectivity index (χ3v) is 3.45. The fourth-order valence-electron chi connectivity index (χ4n) is 2.28. The van der Waals surface area contributed by atoms with E-state index in [1.807, 2.05) is 0 Å². The van der Waals surface area contributed by atoms with Gasteiger partial charge in [-0.1, -0.05) is 0 Å². The van der Waals surface area contributed by atoms with Gasteiger partial charge in [-0.2, -0.15) is 4.98 Å². The molecule has 0 spiro atoms. The minimum absolute atomic E-state index is 0.0388. The van der Waals surface area contributed by atoms with Crippen LogP contribution in [-0.2, 0) is 0 Å². The third-order valence-electron chi connectivity index (χ3n) is 3.45. The lowest BCUT2D eigenvalue weighted by atomic mass is 10.3. The number of oxazole rings is 1. The van der Waals surface area contributed by atoms with Gasteiger partial charge in [0.1, 0.15) is 5.82 Å². The number of rotatable bonds is 4. The molecule has 26 heavy (non-hydrogen) atoms. The molecular weight excluding hydrogens is 341 g/mol. The van der Waals surface area contributed by atoms with E-state index in [4.69, 9.17) is 10.2 Å². The number of hydrogen-bond acceptors (Lipinski definition) is 8. The zero-order valence-corrected chi connectivity index (χ0v) is 13.2. The number of halogens is 1. The van der Waals surface area contributed by atoms with Crippen molar-refractivity contribution in [3.63, 3.8) is 0 Å². The first-order chi connectivity index (χ1) is 12.6. The highest BCUT2D eigenvalue weighted by molar-refractivity contribution is 5.78. The van der Waals surface area contributed by atoms with Crippen LogP contribution in [0, 0.1) is 5.82 Å². The Bertz CT molecular complexity index is 1140. The van der Waals surface area contributed by atoms with Crippen LogP contribution in [0.2, 0.25) is 0 Å². The molecule has 0 aliphatic heterocycles. The van der Waals surface area contributed by atoms with Crippen LogP contribution in [-0.4, -0.2) is 19.9 Å². The molecule has 0 radical (unpaired) electrons. The lowest BCUT2D eigenvalue weighted by Gasteiger charge is -2.09. The van der Waals surface area contributed by atoms with Crippen LogP contribution < -0.4 is 22.1 Å². The quantitative estimate of drug-likeness (QED) is 0.439. The summed E-state index contributed by atoms with van der Waals surface area (Å²) in [4.78, 5) is 25.8. The molecule has 3 heterocycles. The van der Waals surface area contributed by atoms with Gasteiger partial charge in [-0.3, -0.25) is 4.98 Å². The molecule has 0 bridgehead atoms. The standard InChI is InChI=1S/C16H12FN7O2/c17-10-7-20-15(23-13-4-1-8(18)6-19-13)24-14(10)21-9-2-3-12-11(5-9)22-16(25)26-12/h1-7H,18H2,(H,22,25)(H2,19,20,21,23,24). The molecular formula is C16H12FN7O2. The van der Waals surface area contributed by atoms with Gasteiger partial charge in [0.25, 0.3) is 0 Å². The molecule has 130 valence electrons. The Morgan fingerprint density at radius 1 is 1.12 bits per heavy atom. The van der Waals surface area contributed by atoms with Crippen LogP contribution in [0.1, 0.15) is 0 Å². The molecule has 0 unspecified atom stereocenters. The summed E-state index contributed by atoms with van der Waals surface area (Å²) in [5.41, 5.74) is 7.51. The summed E-state index contributed by atoms with van der Waals surface area (Å²) >= 11 is 0. The third kappa shape index (κ3) is 3.15. The number of aromatic amines is 1. The maximum atomic E-state index is 14.0. The van der Waals surface area contributed by atoms with Crippen molar-refractivity contribution in [2.45, 2.75) is 0 Å². The highest BCUT2D eigenvalue weighted by Crippen LogP contribution is 2.22. The van der Waals surface area contributed by atoms with Gasteiger partial charge < -0.3 is 20.8 Å². The predicted molar refractivity (Wildman–Crippen MR) is 94.0 cm³/mol. The Hall–Kier alpha value is -3.95. The van der Waals surface area contributed by atoms with E-state index >= 15 is 0 Å². The van der Waals surface area contributed by atoms with E-state index in [2.05, 4.69) is 30.6 Å². The Balaban J connectivity index is 1.60. The van der Waals surface area contributed by atoms with Crippen LogP contribution in [0.3, 0.4) is 0 Å². The number of aromatic nitrogens is 4. The van der Waals surface area contributed by atoms with Crippen molar-refractivity contribution < 1.29 is 8.81 Å². The molecule has 0 saturated heterocycles. The molecule has 5 N–H and O–H groups in total. The SMILES string of the molecule is Nc1ccc(Nc2ncc(F)c(Nc3ccc4oc(=O)[nH]c4c3)n2)nc1. The second-order valence-electron chi connectivity index (χ2n) is 5.34. The summed E-state index contributed by atoms with van der Waals surface area (Å²) in [7, 11) is 0. The van der Waals surface area contributed by atoms with Gasteiger partial charge in [0.05, 0.1) is 23.6 Å². The molecule has 0 saturated carbocycles. The highest BCUT2D eigenvalue weighted by Gasteiger charge is 2.09. The molecule has 0 atom stereocenters.